The van der Waals surface area contributed by atoms with Gasteiger partial charge in [0.05, 0.1) is 12.2 Å². The summed E-state index contributed by atoms with van der Waals surface area (Å²) in [5, 5.41) is 11.3. The first-order valence-electron chi connectivity index (χ1n) is 7.06. The Hall–Kier alpha value is -2.24. The third kappa shape index (κ3) is 3.87. The van der Waals surface area contributed by atoms with Crippen LogP contribution < -0.4 is 15.0 Å². The molecule has 0 bridgehead atoms. The molecule has 0 aromatic heterocycles. The number of hydrogen-bond donors (Lipinski definition) is 2. The second-order valence-corrected chi connectivity index (χ2v) is 4.99. The maximum Gasteiger partial charge on any atom is 0.303 e. The van der Waals surface area contributed by atoms with Gasteiger partial charge in [0.2, 0.25) is 0 Å². The van der Waals surface area contributed by atoms with Crippen molar-refractivity contribution >= 4 is 17.6 Å². The van der Waals surface area contributed by atoms with Crippen molar-refractivity contribution in [3.63, 3.8) is 0 Å². The molecule has 0 fully saturated rings. The number of amides is 1. The first-order chi connectivity index (χ1) is 10.1. The van der Waals surface area contributed by atoms with Crippen molar-refractivity contribution in [2.75, 3.05) is 25.0 Å². The quantitative estimate of drug-likeness (QED) is 0.772. The van der Waals surface area contributed by atoms with E-state index >= 15 is 0 Å². The van der Waals surface area contributed by atoms with E-state index in [1.165, 1.54) is 0 Å². The summed E-state index contributed by atoms with van der Waals surface area (Å²) in [6, 6.07) is 7.58. The fourth-order valence-corrected chi connectivity index (χ4v) is 2.40. The number of carboxylic acids is 1. The highest BCUT2D eigenvalue weighted by atomic mass is 16.5. The summed E-state index contributed by atoms with van der Waals surface area (Å²) >= 11 is 0. The maximum absolute atomic E-state index is 11.8. The van der Waals surface area contributed by atoms with Gasteiger partial charge >= 0.3 is 5.97 Å². The van der Waals surface area contributed by atoms with Gasteiger partial charge in [-0.25, -0.2) is 0 Å². The van der Waals surface area contributed by atoms with Gasteiger partial charge in [0.1, 0.15) is 5.75 Å². The molecule has 1 amide bonds. The lowest BCUT2D eigenvalue weighted by atomic mass is 10.1. The van der Waals surface area contributed by atoms with Crippen LogP contribution >= 0.6 is 0 Å². The van der Waals surface area contributed by atoms with Crippen molar-refractivity contribution in [3.05, 3.63) is 24.3 Å². The number of ether oxygens (including phenoxy) is 1. The molecule has 1 atom stereocenters. The highest BCUT2D eigenvalue weighted by Crippen LogP contribution is 2.33. The van der Waals surface area contributed by atoms with Crippen LogP contribution in [0, 0.1) is 0 Å². The second-order valence-electron chi connectivity index (χ2n) is 4.99. The Bertz CT molecular complexity index is 518. The number of carbonyl (C=O) groups is 2. The minimum absolute atomic E-state index is 0.153. The maximum atomic E-state index is 11.8. The molecule has 0 spiro atoms. The number of nitrogens with zero attached hydrogens (tertiary/aromatic N) is 1. The van der Waals surface area contributed by atoms with Gasteiger partial charge in [-0.05, 0) is 25.0 Å². The number of para-hydroxylation sites is 2. The number of likely N-dealkylation sites (N-methyl/N-ethyl adjacent to an activating group) is 1. The van der Waals surface area contributed by atoms with Gasteiger partial charge < -0.3 is 20.1 Å². The third-order valence-corrected chi connectivity index (χ3v) is 3.47. The number of anilines is 1. The standard InChI is InChI=1S/C15H20N2O4/c1-16-15(20)13-10-17(9-5-4-8-14(18)19)11-6-2-3-7-12(11)21-13/h2-3,6-7,13H,4-5,8-10H2,1H3,(H,16,20)(H,18,19). The normalized spacial score (nSPS) is 16.8. The highest BCUT2D eigenvalue weighted by Gasteiger charge is 2.29. The molecule has 0 saturated heterocycles. The molecule has 21 heavy (non-hydrogen) atoms. The molecule has 2 N–H and O–H groups in total. The van der Waals surface area contributed by atoms with Gasteiger partial charge in [-0.1, -0.05) is 12.1 Å². The van der Waals surface area contributed by atoms with E-state index < -0.39 is 12.1 Å². The number of benzene rings is 1. The minimum Gasteiger partial charge on any atom is -0.481 e. The Labute approximate surface area is 123 Å². The average molecular weight is 292 g/mol. The smallest absolute Gasteiger partial charge is 0.303 e. The molecule has 0 aliphatic carbocycles. The minimum atomic E-state index is -0.777. The lowest BCUT2D eigenvalue weighted by Crippen LogP contribution is -2.48. The van der Waals surface area contributed by atoms with E-state index in [-0.39, 0.29) is 12.3 Å². The van der Waals surface area contributed by atoms with Gasteiger partial charge in [0.15, 0.2) is 6.10 Å². The molecule has 1 heterocycles. The van der Waals surface area contributed by atoms with E-state index in [0.717, 1.165) is 12.1 Å². The third-order valence-electron chi connectivity index (χ3n) is 3.47. The molecule has 6 nitrogen and oxygen atoms in total. The Balaban J connectivity index is 2.04. The van der Waals surface area contributed by atoms with Crippen molar-refractivity contribution in [2.24, 2.45) is 0 Å². The number of hydrogen-bond acceptors (Lipinski definition) is 4. The highest BCUT2D eigenvalue weighted by molar-refractivity contribution is 5.83. The number of nitrogens with one attached hydrogen (secondary N) is 1. The number of carboxylic acid groups (broad SMARTS) is 1. The van der Waals surface area contributed by atoms with E-state index in [1.54, 1.807) is 7.05 Å². The van der Waals surface area contributed by atoms with Crippen LogP contribution in [0.2, 0.25) is 0 Å². The van der Waals surface area contributed by atoms with E-state index in [1.807, 2.05) is 24.3 Å². The molecule has 1 unspecified atom stereocenters. The largest absolute Gasteiger partial charge is 0.481 e. The topological polar surface area (TPSA) is 78.9 Å². The molecule has 0 saturated carbocycles. The first-order valence-corrected chi connectivity index (χ1v) is 7.06. The van der Waals surface area contributed by atoms with Gasteiger partial charge in [-0.3, -0.25) is 9.59 Å². The molecule has 1 aliphatic heterocycles. The summed E-state index contributed by atoms with van der Waals surface area (Å²) in [7, 11) is 1.59. The number of unbranched alkanes of at least 4 members (excludes halogenated alkanes) is 1. The molecule has 1 aromatic carbocycles. The van der Waals surface area contributed by atoms with Crippen molar-refractivity contribution in [2.45, 2.75) is 25.4 Å². The summed E-state index contributed by atoms with van der Waals surface area (Å²) in [6.45, 7) is 1.19. The van der Waals surface area contributed by atoms with Gasteiger partial charge in [-0.2, -0.15) is 0 Å². The SMILES string of the molecule is CNC(=O)C1CN(CCCCC(=O)O)c2ccccc2O1. The molecule has 6 heteroatoms. The summed E-state index contributed by atoms with van der Waals surface area (Å²) in [4.78, 5) is 24.4. The molecular weight excluding hydrogens is 272 g/mol. The van der Waals surface area contributed by atoms with Gasteiger partial charge in [0.25, 0.3) is 5.91 Å². The van der Waals surface area contributed by atoms with Crippen LogP contribution in [0.3, 0.4) is 0 Å². The molecule has 114 valence electrons. The van der Waals surface area contributed by atoms with Crippen molar-refractivity contribution in [1.29, 1.82) is 0 Å². The number of fused-ring (bicyclic) bond motifs is 1. The number of aliphatic carboxylic acids is 1. The number of rotatable bonds is 6. The second kappa shape index (κ2) is 6.97. The van der Waals surface area contributed by atoms with Crippen molar-refractivity contribution < 1.29 is 19.4 Å². The van der Waals surface area contributed by atoms with Crippen LogP contribution in [0.15, 0.2) is 24.3 Å². The predicted octanol–water partition coefficient (Wildman–Crippen LogP) is 1.25. The Kier molecular flexibility index (Phi) is 5.03. The Morgan fingerprint density at radius 3 is 2.86 bits per heavy atom. The molecule has 1 aromatic rings. The predicted molar refractivity (Wildman–Crippen MR) is 78.6 cm³/mol. The summed E-state index contributed by atoms with van der Waals surface area (Å²) in [5.74, 6) is -0.240. The lowest BCUT2D eigenvalue weighted by Gasteiger charge is -2.35. The van der Waals surface area contributed by atoms with Crippen LogP contribution in [-0.2, 0) is 9.59 Å². The van der Waals surface area contributed by atoms with E-state index in [9.17, 15) is 9.59 Å². The van der Waals surface area contributed by atoms with E-state index in [2.05, 4.69) is 10.2 Å². The molecule has 2 rings (SSSR count). The fourth-order valence-electron chi connectivity index (χ4n) is 2.40. The Morgan fingerprint density at radius 2 is 2.14 bits per heavy atom. The van der Waals surface area contributed by atoms with E-state index in [4.69, 9.17) is 9.84 Å². The average Bonchev–Trinajstić information content (AvgIpc) is 2.50. The summed E-state index contributed by atoms with van der Waals surface area (Å²) in [5.41, 5.74) is 0.952. The van der Waals surface area contributed by atoms with Crippen molar-refractivity contribution in [1.82, 2.24) is 5.32 Å². The fraction of sp³-hybridized carbons (Fsp3) is 0.467. The van der Waals surface area contributed by atoms with E-state index in [0.29, 0.717) is 25.3 Å². The van der Waals surface area contributed by atoms with Gasteiger partial charge in [0, 0.05) is 20.0 Å². The van der Waals surface area contributed by atoms with Crippen LogP contribution in [0.1, 0.15) is 19.3 Å². The summed E-state index contributed by atoms with van der Waals surface area (Å²) in [6.07, 6.45) is 1.02. The van der Waals surface area contributed by atoms with Crippen LogP contribution in [0.25, 0.3) is 0 Å². The lowest BCUT2D eigenvalue weighted by molar-refractivity contribution is -0.137. The van der Waals surface area contributed by atoms with Crippen LogP contribution in [0.4, 0.5) is 5.69 Å². The summed E-state index contributed by atoms with van der Waals surface area (Å²) < 4.78 is 5.71. The zero-order valence-corrected chi connectivity index (χ0v) is 12.0. The number of carbonyl (C=O) groups excluding carboxylic acids is 1. The van der Waals surface area contributed by atoms with Crippen LogP contribution in [0.5, 0.6) is 5.75 Å². The zero-order chi connectivity index (χ0) is 15.2. The first kappa shape index (κ1) is 15.2. The van der Waals surface area contributed by atoms with Crippen molar-refractivity contribution in [3.8, 4) is 5.75 Å². The zero-order valence-electron chi connectivity index (χ0n) is 12.0. The molecular formula is C15H20N2O4. The molecule has 0 radical (unpaired) electrons. The van der Waals surface area contributed by atoms with Crippen LogP contribution in [-0.4, -0.2) is 43.2 Å². The monoisotopic (exact) mass is 292 g/mol. The Morgan fingerprint density at radius 1 is 1.38 bits per heavy atom. The van der Waals surface area contributed by atoms with Gasteiger partial charge in [-0.15, -0.1) is 0 Å². The molecule has 1 aliphatic rings.